The first kappa shape index (κ1) is 15.9. The predicted molar refractivity (Wildman–Crippen MR) is 79.2 cm³/mol. The van der Waals surface area contributed by atoms with Gasteiger partial charge in [0.2, 0.25) is 0 Å². The van der Waals surface area contributed by atoms with E-state index in [4.69, 9.17) is 5.73 Å². The van der Waals surface area contributed by atoms with E-state index in [1.807, 2.05) is 4.72 Å². The number of hydrogen-bond acceptors (Lipinski definition) is 3. The number of nitrogens with one attached hydrogen (secondary N) is 1. The Morgan fingerprint density at radius 3 is 2.48 bits per heavy atom. The molecule has 0 aliphatic carbocycles. The molecule has 0 amide bonds. The molecule has 0 bridgehead atoms. The minimum absolute atomic E-state index is 0.0401. The summed E-state index contributed by atoms with van der Waals surface area (Å²) in [7, 11) is -4.27. The molecular formula is C13H11BrF2N2O2S. The molecule has 2 rings (SSSR count). The first-order chi connectivity index (χ1) is 9.85. The predicted octanol–water partition coefficient (Wildman–Crippen LogP) is 2.99. The quantitative estimate of drug-likeness (QED) is 0.861. The monoisotopic (exact) mass is 376 g/mol. The van der Waals surface area contributed by atoms with Crippen molar-refractivity contribution in [2.45, 2.75) is 11.4 Å². The van der Waals surface area contributed by atoms with Crippen LogP contribution in [0.5, 0.6) is 0 Å². The molecule has 0 aliphatic rings. The third kappa shape index (κ3) is 3.39. The normalized spacial score (nSPS) is 11.4. The van der Waals surface area contributed by atoms with Crippen molar-refractivity contribution >= 4 is 31.6 Å². The molecule has 2 aromatic rings. The summed E-state index contributed by atoms with van der Waals surface area (Å²) in [5, 5.41) is 0. The molecule has 0 aliphatic heterocycles. The minimum atomic E-state index is -4.27. The van der Waals surface area contributed by atoms with Crippen LogP contribution in [-0.4, -0.2) is 8.42 Å². The summed E-state index contributed by atoms with van der Waals surface area (Å²) in [6, 6.07) is 7.70. The second-order valence-electron chi connectivity index (χ2n) is 4.17. The second kappa shape index (κ2) is 6.08. The van der Waals surface area contributed by atoms with Gasteiger partial charge < -0.3 is 5.73 Å². The van der Waals surface area contributed by atoms with E-state index in [9.17, 15) is 17.2 Å². The molecule has 0 aromatic heterocycles. The maximum absolute atomic E-state index is 14.1. The van der Waals surface area contributed by atoms with E-state index in [2.05, 4.69) is 15.9 Å². The molecule has 21 heavy (non-hydrogen) atoms. The Hall–Kier alpha value is -1.51. The van der Waals surface area contributed by atoms with Crippen molar-refractivity contribution in [2.75, 3.05) is 4.72 Å². The fraction of sp³-hybridized carbons (Fsp3) is 0.0769. The van der Waals surface area contributed by atoms with Crippen LogP contribution in [0, 0.1) is 11.6 Å². The van der Waals surface area contributed by atoms with Crippen molar-refractivity contribution in [3.8, 4) is 0 Å². The lowest BCUT2D eigenvalue weighted by Gasteiger charge is -2.12. The van der Waals surface area contributed by atoms with Gasteiger partial charge in [-0.1, -0.05) is 28.1 Å². The molecule has 0 heterocycles. The van der Waals surface area contributed by atoms with Gasteiger partial charge in [-0.15, -0.1) is 0 Å². The van der Waals surface area contributed by atoms with Crippen molar-refractivity contribution in [1.82, 2.24) is 0 Å². The van der Waals surface area contributed by atoms with E-state index in [-0.39, 0.29) is 17.8 Å². The third-order valence-electron chi connectivity index (χ3n) is 2.71. The maximum Gasteiger partial charge on any atom is 0.264 e. The largest absolute Gasteiger partial charge is 0.326 e. The Balaban J connectivity index is 2.50. The fourth-order valence-electron chi connectivity index (χ4n) is 1.71. The number of anilines is 1. The van der Waals surface area contributed by atoms with E-state index in [0.717, 1.165) is 12.1 Å². The summed E-state index contributed by atoms with van der Waals surface area (Å²) in [6.45, 7) is -0.159. The van der Waals surface area contributed by atoms with E-state index in [1.165, 1.54) is 24.3 Å². The van der Waals surface area contributed by atoms with Gasteiger partial charge in [-0.3, -0.25) is 4.72 Å². The van der Waals surface area contributed by atoms with Crippen LogP contribution in [0.3, 0.4) is 0 Å². The molecule has 0 saturated heterocycles. The molecule has 8 heteroatoms. The van der Waals surface area contributed by atoms with Gasteiger partial charge in [0, 0.05) is 16.6 Å². The lowest BCUT2D eigenvalue weighted by molar-refractivity contribution is 0.559. The zero-order valence-corrected chi connectivity index (χ0v) is 13.0. The van der Waals surface area contributed by atoms with Gasteiger partial charge in [-0.05, 0) is 24.3 Å². The zero-order valence-electron chi connectivity index (χ0n) is 10.6. The molecular weight excluding hydrogens is 366 g/mol. The molecule has 0 atom stereocenters. The smallest absolute Gasteiger partial charge is 0.264 e. The summed E-state index contributed by atoms with van der Waals surface area (Å²) in [6.07, 6.45) is 0. The van der Waals surface area contributed by atoms with Crippen molar-refractivity contribution in [1.29, 1.82) is 0 Å². The van der Waals surface area contributed by atoms with Crippen LogP contribution in [0.4, 0.5) is 14.5 Å². The van der Waals surface area contributed by atoms with Gasteiger partial charge in [0.25, 0.3) is 10.0 Å². The number of sulfonamides is 1. The number of hydrogen-bond donors (Lipinski definition) is 2. The highest BCUT2D eigenvalue weighted by Gasteiger charge is 2.23. The van der Waals surface area contributed by atoms with Crippen molar-refractivity contribution < 1.29 is 17.2 Å². The third-order valence-corrected chi connectivity index (χ3v) is 4.53. The van der Waals surface area contributed by atoms with Crippen molar-refractivity contribution in [3.05, 3.63) is 58.1 Å². The number of benzene rings is 2. The van der Waals surface area contributed by atoms with E-state index < -0.39 is 26.6 Å². The molecule has 0 unspecified atom stereocenters. The van der Waals surface area contributed by atoms with Gasteiger partial charge in [-0.2, -0.15) is 0 Å². The number of rotatable bonds is 4. The molecule has 112 valence electrons. The van der Waals surface area contributed by atoms with Crippen LogP contribution >= 0.6 is 15.9 Å². The van der Waals surface area contributed by atoms with Crippen LogP contribution in [0.1, 0.15) is 5.56 Å². The lowest BCUT2D eigenvalue weighted by Crippen LogP contribution is -2.17. The summed E-state index contributed by atoms with van der Waals surface area (Å²) in [4.78, 5) is -0.597. The lowest BCUT2D eigenvalue weighted by atomic mass is 10.2. The minimum Gasteiger partial charge on any atom is -0.326 e. The summed E-state index contributed by atoms with van der Waals surface area (Å²) < 4.78 is 54.5. The topological polar surface area (TPSA) is 72.2 Å². The Morgan fingerprint density at radius 1 is 1.19 bits per heavy atom. The Morgan fingerprint density at radius 2 is 1.86 bits per heavy atom. The average Bonchev–Trinajstić information content (AvgIpc) is 2.43. The zero-order chi connectivity index (χ0) is 15.6. The van der Waals surface area contributed by atoms with Crippen LogP contribution in [0.2, 0.25) is 0 Å². The molecule has 0 saturated carbocycles. The van der Waals surface area contributed by atoms with Gasteiger partial charge >= 0.3 is 0 Å². The first-order valence-corrected chi connectivity index (χ1v) is 8.08. The Kier molecular flexibility index (Phi) is 4.60. The molecule has 3 N–H and O–H groups in total. The number of nitrogens with two attached hydrogens (primary N) is 1. The number of halogens is 3. The molecule has 0 radical (unpaired) electrons. The summed E-state index contributed by atoms with van der Waals surface area (Å²) >= 11 is 3.09. The van der Waals surface area contributed by atoms with Crippen molar-refractivity contribution in [2.24, 2.45) is 5.73 Å². The van der Waals surface area contributed by atoms with E-state index >= 15 is 0 Å². The SMILES string of the molecule is NCc1cc(Br)cc(S(=O)(=O)Nc2ccccc2F)c1F. The van der Waals surface area contributed by atoms with Gasteiger partial charge in [0.05, 0.1) is 5.69 Å². The fourth-order valence-corrected chi connectivity index (χ4v) is 3.58. The van der Waals surface area contributed by atoms with Crippen LogP contribution < -0.4 is 10.5 Å². The van der Waals surface area contributed by atoms with Crippen LogP contribution in [0.25, 0.3) is 0 Å². The molecule has 0 fully saturated rings. The van der Waals surface area contributed by atoms with E-state index in [1.54, 1.807) is 0 Å². The highest BCUT2D eigenvalue weighted by atomic mass is 79.9. The first-order valence-electron chi connectivity index (χ1n) is 5.80. The van der Waals surface area contributed by atoms with E-state index in [0.29, 0.717) is 4.47 Å². The van der Waals surface area contributed by atoms with Gasteiger partial charge in [-0.25, -0.2) is 17.2 Å². The summed E-state index contributed by atoms with van der Waals surface area (Å²) in [5.41, 5.74) is 5.15. The van der Waals surface area contributed by atoms with Crippen LogP contribution in [-0.2, 0) is 16.6 Å². The summed E-state index contributed by atoms with van der Waals surface area (Å²) in [5.74, 6) is -1.71. The van der Waals surface area contributed by atoms with Crippen molar-refractivity contribution in [3.63, 3.8) is 0 Å². The second-order valence-corrected chi connectivity index (χ2v) is 6.73. The molecule has 4 nitrogen and oxygen atoms in total. The van der Waals surface area contributed by atoms with Crippen LogP contribution in [0.15, 0.2) is 45.8 Å². The highest BCUT2D eigenvalue weighted by molar-refractivity contribution is 9.10. The Bertz CT molecular complexity index is 782. The average molecular weight is 377 g/mol. The molecule has 0 spiro atoms. The Labute approximate surface area is 129 Å². The molecule has 2 aromatic carbocycles. The highest BCUT2D eigenvalue weighted by Crippen LogP contribution is 2.26. The van der Waals surface area contributed by atoms with Gasteiger partial charge in [0.1, 0.15) is 16.5 Å². The standard InChI is InChI=1S/C13H11BrF2N2O2S/c14-9-5-8(7-17)13(16)12(6-9)21(19,20)18-11-4-2-1-3-10(11)15/h1-6,18H,7,17H2. The van der Waals surface area contributed by atoms with Gasteiger partial charge in [0.15, 0.2) is 0 Å². The maximum atomic E-state index is 14.1. The number of para-hydroxylation sites is 1.